The lowest BCUT2D eigenvalue weighted by molar-refractivity contribution is -0.137. The Morgan fingerprint density at radius 1 is 1.04 bits per heavy atom. The van der Waals surface area contributed by atoms with Crippen molar-refractivity contribution < 1.29 is 13.2 Å². The summed E-state index contributed by atoms with van der Waals surface area (Å²) in [6, 6.07) is 1.93. The monoisotopic (exact) mass is 393 g/mol. The molecule has 27 heavy (non-hydrogen) atoms. The van der Waals surface area contributed by atoms with Crippen molar-refractivity contribution >= 4 is 21.7 Å². The summed E-state index contributed by atoms with van der Waals surface area (Å²) in [5.74, 6) is 1.48. The molecule has 9 heteroatoms. The normalized spacial score (nSPS) is 29.0. The minimum Gasteiger partial charge on any atom is -0.340 e. The van der Waals surface area contributed by atoms with Crippen LogP contribution >= 0.6 is 0 Å². The molecule has 3 aliphatic rings. The van der Waals surface area contributed by atoms with E-state index in [9.17, 15) is 13.2 Å². The Kier molecular flexibility index (Phi) is 5.32. The first-order valence-electron chi connectivity index (χ1n) is 9.77. The fourth-order valence-corrected chi connectivity index (χ4v) is 6.21. The Hall–Kier alpha value is -1.74. The molecule has 0 bridgehead atoms. The van der Waals surface area contributed by atoms with E-state index in [1.165, 1.54) is 0 Å². The van der Waals surface area contributed by atoms with Crippen LogP contribution in [0, 0.1) is 5.92 Å². The smallest absolute Gasteiger partial charge is 0.227 e. The third-order valence-electron chi connectivity index (χ3n) is 5.96. The lowest BCUT2D eigenvalue weighted by Gasteiger charge is -2.40. The van der Waals surface area contributed by atoms with E-state index in [1.807, 2.05) is 4.90 Å². The lowest BCUT2D eigenvalue weighted by Crippen LogP contribution is -2.54. The number of rotatable bonds is 3. The Morgan fingerprint density at radius 2 is 1.78 bits per heavy atom. The van der Waals surface area contributed by atoms with E-state index in [4.69, 9.17) is 0 Å². The first-order chi connectivity index (χ1) is 13.0. The fraction of sp³-hybridized carbons (Fsp3) is 0.722. The molecule has 1 amide bonds. The highest BCUT2D eigenvalue weighted by molar-refractivity contribution is 7.91. The number of hydrogen-bond acceptors (Lipinski definition) is 7. The van der Waals surface area contributed by atoms with Gasteiger partial charge in [-0.15, -0.1) is 0 Å². The van der Waals surface area contributed by atoms with E-state index in [-0.39, 0.29) is 23.6 Å². The molecule has 0 aliphatic carbocycles. The minimum atomic E-state index is -2.86. The summed E-state index contributed by atoms with van der Waals surface area (Å²) in [6.07, 6.45) is 6.06. The number of carbonyl (C=O) groups is 1. The Morgan fingerprint density at radius 3 is 2.44 bits per heavy atom. The SMILES string of the molecule is O=C([C@@H]1CCCN(c2ncccn2)C1)N1CCN([C@@H]2CCS(=O)(=O)C2)CC1. The topological polar surface area (TPSA) is 86.7 Å². The molecule has 0 radical (unpaired) electrons. The van der Waals surface area contributed by atoms with Crippen LogP contribution in [-0.2, 0) is 14.6 Å². The second kappa shape index (κ2) is 7.71. The Labute approximate surface area is 160 Å². The molecule has 3 saturated heterocycles. The second-order valence-electron chi connectivity index (χ2n) is 7.75. The van der Waals surface area contributed by atoms with Gasteiger partial charge in [0.25, 0.3) is 0 Å². The average molecular weight is 394 g/mol. The number of sulfone groups is 1. The zero-order valence-electron chi connectivity index (χ0n) is 15.5. The van der Waals surface area contributed by atoms with Gasteiger partial charge in [0, 0.05) is 57.7 Å². The average Bonchev–Trinajstić information content (AvgIpc) is 3.08. The van der Waals surface area contributed by atoms with Gasteiger partial charge >= 0.3 is 0 Å². The zero-order valence-corrected chi connectivity index (χ0v) is 16.4. The molecule has 0 aromatic carbocycles. The molecule has 148 valence electrons. The van der Waals surface area contributed by atoms with E-state index in [2.05, 4.69) is 19.8 Å². The maximum Gasteiger partial charge on any atom is 0.227 e. The van der Waals surface area contributed by atoms with E-state index >= 15 is 0 Å². The molecule has 1 aromatic rings. The van der Waals surface area contributed by atoms with Gasteiger partial charge in [0.05, 0.1) is 17.4 Å². The van der Waals surface area contributed by atoms with Crippen LogP contribution in [0.25, 0.3) is 0 Å². The predicted octanol–water partition coefficient (Wildman–Crippen LogP) is 0.0243. The number of hydrogen-bond donors (Lipinski definition) is 0. The van der Waals surface area contributed by atoms with Crippen LogP contribution in [0.3, 0.4) is 0 Å². The molecule has 0 N–H and O–H groups in total. The number of nitrogens with zero attached hydrogens (tertiary/aromatic N) is 5. The summed E-state index contributed by atoms with van der Waals surface area (Å²) in [4.78, 5) is 27.9. The van der Waals surface area contributed by atoms with Crippen molar-refractivity contribution in [2.45, 2.75) is 25.3 Å². The van der Waals surface area contributed by atoms with Crippen molar-refractivity contribution in [3.8, 4) is 0 Å². The quantitative estimate of drug-likeness (QED) is 0.716. The standard InChI is InChI=1S/C18H27N5O3S/c24-17(15-3-1-7-23(13-15)18-19-5-2-6-20-18)22-10-8-21(9-11-22)16-4-12-27(25,26)14-16/h2,5-6,15-16H,1,3-4,7-14H2/t15-,16-/m1/s1. The van der Waals surface area contributed by atoms with E-state index in [1.54, 1.807) is 18.5 Å². The van der Waals surface area contributed by atoms with E-state index in [0.29, 0.717) is 31.3 Å². The van der Waals surface area contributed by atoms with Gasteiger partial charge < -0.3 is 9.80 Å². The number of carbonyl (C=O) groups excluding carboxylic acids is 1. The number of piperidine rings is 1. The van der Waals surface area contributed by atoms with E-state index < -0.39 is 9.84 Å². The summed E-state index contributed by atoms with van der Waals surface area (Å²) >= 11 is 0. The summed E-state index contributed by atoms with van der Waals surface area (Å²) in [5.41, 5.74) is 0. The summed E-state index contributed by atoms with van der Waals surface area (Å²) < 4.78 is 23.4. The van der Waals surface area contributed by atoms with Gasteiger partial charge in [-0.3, -0.25) is 9.69 Å². The van der Waals surface area contributed by atoms with Gasteiger partial charge in [-0.1, -0.05) is 0 Å². The second-order valence-corrected chi connectivity index (χ2v) is 9.98. The van der Waals surface area contributed by atoms with Gasteiger partial charge in [-0.2, -0.15) is 0 Å². The van der Waals surface area contributed by atoms with Crippen LogP contribution in [0.2, 0.25) is 0 Å². The molecule has 3 aliphatic heterocycles. The molecule has 0 unspecified atom stereocenters. The predicted molar refractivity (Wildman–Crippen MR) is 102 cm³/mol. The maximum atomic E-state index is 13.0. The highest BCUT2D eigenvalue weighted by Gasteiger charge is 2.36. The van der Waals surface area contributed by atoms with Crippen LogP contribution in [0.5, 0.6) is 0 Å². The van der Waals surface area contributed by atoms with Crippen molar-refractivity contribution in [3.63, 3.8) is 0 Å². The molecule has 8 nitrogen and oxygen atoms in total. The molecule has 3 fully saturated rings. The first kappa shape index (κ1) is 18.6. The van der Waals surface area contributed by atoms with Gasteiger partial charge in [-0.25, -0.2) is 18.4 Å². The van der Waals surface area contributed by atoms with Crippen LogP contribution in [0.15, 0.2) is 18.5 Å². The van der Waals surface area contributed by atoms with Crippen molar-refractivity contribution in [2.75, 3.05) is 55.7 Å². The summed E-state index contributed by atoms with van der Waals surface area (Å²) in [7, 11) is -2.86. The number of aromatic nitrogens is 2. The van der Waals surface area contributed by atoms with Crippen molar-refractivity contribution in [2.24, 2.45) is 5.92 Å². The molecule has 4 rings (SSSR count). The van der Waals surface area contributed by atoms with E-state index in [0.717, 1.165) is 38.9 Å². The van der Waals surface area contributed by atoms with Gasteiger partial charge in [0.1, 0.15) is 0 Å². The largest absolute Gasteiger partial charge is 0.340 e. The molecular weight excluding hydrogens is 366 g/mol. The molecule has 4 heterocycles. The zero-order chi connectivity index (χ0) is 18.9. The Balaban J connectivity index is 1.31. The number of amides is 1. The third-order valence-corrected chi connectivity index (χ3v) is 7.71. The van der Waals surface area contributed by atoms with Crippen molar-refractivity contribution in [1.82, 2.24) is 19.8 Å². The van der Waals surface area contributed by atoms with Gasteiger partial charge in [0.2, 0.25) is 11.9 Å². The van der Waals surface area contributed by atoms with Crippen molar-refractivity contribution in [3.05, 3.63) is 18.5 Å². The molecule has 2 atom stereocenters. The van der Waals surface area contributed by atoms with Crippen LogP contribution in [0.1, 0.15) is 19.3 Å². The van der Waals surface area contributed by atoms with Crippen molar-refractivity contribution in [1.29, 1.82) is 0 Å². The van der Waals surface area contributed by atoms with Gasteiger partial charge in [0.15, 0.2) is 9.84 Å². The fourth-order valence-electron chi connectivity index (χ4n) is 4.44. The highest BCUT2D eigenvalue weighted by Crippen LogP contribution is 2.24. The summed E-state index contributed by atoms with van der Waals surface area (Å²) in [6.45, 7) is 4.47. The maximum absolute atomic E-state index is 13.0. The molecule has 1 aromatic heterocycles. The van der Waals surface area contributed by atoms with Gasteiger partial charge in [-0.05, 0) is 25.3 Å². The first-order valence-corrected chi connectivity index (χ1v) is 11.6. The Bertz CT molecular complexity index is 764. The number of anilines is 1. The molecular formula is C18H27N5O3S. The lowest BCUT2D eigenvalue weighted by atomic mass is 9.96. The molecule has 0 saturated carbocycles. The highest BCUT2D eigenvalue weighted by atomic mass is 32.2. The third kappa shape index (κ3) is 4.24. The minimum absolute atomic E-state index is 0.0130. The molecule has 0 spiro atoms. The van der Waals surface area contributed by atoms with Crippen LogP contribution < -0.4 is 4.90 Å². The van der Waals surface area contributed by atoms with Crippen LogP contribution in [0.4, 0.5) is 5.95 Å². The van der Waals surface area contributed by atoms with Crippen LogP contribution in [-0.4, -0.2) is 90.9 Å². The summed E-state index contributed by atoms with van der Waals surface area (Å²) in [5, 5.41) is 0. The number of piperazine rings is 1.